The summed E-state index contributed by atoms with van der Waals surface area (Å²) in [6.45, 7) is 3.22. The molecule has 1 heterocycles. The summed E-state index contributed by atoms with van der Waals surface area (Å²) in [5, 5.41) is 3.24. The number of aromatic nitrogens is 1. The molecule has 2 aromatic rings. The summed E-state index contributed by atoms with van der Waals surface area (Å²) in [4.78, 5) is 4.02. The molecule has 0 radical (unpaired) electrons. The number of hydrogen-bond acceptors (Lipinski definition) is 3. The lowest BCUT2D eigenvalue weighted by molar-refractivity contribution is -0.274. The first-order valence-electron chi connectivity index (χ1n) is 6.39. The summed E-state index contributed by atoms with van der Waals surface area (Å²) in [6, 6.07) is 7.76. The number of nitrogens with one attached hydrogen (secondary N) is 1. The van der Waals surface area contributed by atoms with Gasteiger partial charge in [-0.25, -0.2) is 0 Å². The molecular formula is C15H15F3N2O. The van der Waals surface area contributed by atoms with Gasteiger partial charge >= 0.3 is 6.36 Å². The van der Waals surface area contributed by atoms with Gasteiger partial charge in [0.25, 0.3) is 0 Å². The zero-order valence-electron chi connectivity index (χ0n) is 11.4. The molecule has 0 aliphatic carbocycles. The third-order valence-electron chi connectivity index (χ3n) is 2.94. The molecule has 0 saturated carbocycles. The van der Waals surface area contributed by atoms with Gasteiger partial charge in [0, 0.05) is 25.5 Å². The second kappa shape index (κ2) is 6.58. The molecule has 0 atom stereocenters. The van der Waals surface area contributed by atoms with Gasteiger partial charge in [0.05, 0.1) is 0 Å². The van der Waals surface area contributed by atoms with Crippen molar-refractivity contribution in [2.45, 2.75) is 26.4 Å². The Morgan fingerprint density at radius 2 is 1.81 bits per heavy atom. The lowest BCUT2D eigenvalue weighted by atomic mass is 10.1. The van der Waals surface area contributed by atoms with E-state index in [4.69, 9.17) is 0 Å². The maximum atomic E-state index is 12.0. The molecule has 1 aromatic carbocycles. The van der Waals surface area contributed by atoms with Crippen molar-refractivity contribution in [3.05, 3.63) is 59.4 Å². The van der Waals surface area contributed by atoms with Crippen LogP contribution in [-0.2, 0) is 13.1 Å². The Hall–Kier alpha value is -2.08. The largest absolute Gasteiger partial charge is 0.573 e. The molecule has 6 heteroatoms. The van der Waals surface area contributed by atoms with E-state index in [1.807, 2.05) is 13.0 Å². The van der Waals surface area contributed by atoms with E-state index in [2.05, 4.69) is 15.0 Å². The van der Waals surface area contributed by atoms with E-state index in [9.17, 15) is 13.2 Å². The van der Waals surface area contributed by atoms with Gasteiger partial charge in [0.2, 0.25) is 0 Å². The quantitative estimate of drug-likeness (QED) is 0.915. The standard InChI is InChI=1S/C15H15F3N2O/c1-11-8-19-7-6-13(11)10-20-9-12-2-4-14(5-3-12)21-15(16,17)18/h2-8,20H,9-10H2,1H3. The number of pyridine rings is 1. The minimum absolute atomic E-state index is 0.212. The molecule has 0 spiro atoms. The SMILES string of the molecule is Cc1cnccc1CNCc1ccc(OC(F)(F)F)cc1. The van der Waals surface area contributed by atoms with Crippen LogP contribution in [0.25, 0.3) is 0 Å². The molecule has 21 heavy (non-hydrogen) atoms. The van der Waals surface area contributed by atoms with Gasteiger partial charge in [-0.2, -0.15) is 0 Å². The Labute approximate surface area is 120 Å². The van der Waals surface area contributed by atoms with Crippen molar-refractivity contribution in [3.63, 3.8) is 0 Å². The molecule has 0 unspecified atom stereocenters. The number of benzene rings is 1. The van der Waals surface area contributed by atoms with Crippen LogP contribution in [0.3, 0.4) is 0 Å². The molecule has 3 nitrogen and oxygen atoms in total. The zero-order chi connectivity index (χ0) is 15.3. The highest BCUT2D eigenvalue weighted by Crippen LogP contribution is 2.22. The van der Waals surface area contributed by atoms with Gasteiger partial charge < -0.3 is 10.1 Å². The summed E-state index contributed by atoms with van der Waals surface area (Å²) < 4.78 is 39.9. The summed E-state index contributed by atoms with van der Waals surface area (Å²) >= 11 is 0. The van der Waals surface area contributed by atoms with E-state index in [1.165, 1.54) is 12.1 Å². The zero-order valence-corrected chi connectivity index (χ0v) is 11.4. The van der Waals surface area contributed by atoms with Crippen LogP contribution in [0.4, 0.5) is 13.2 Å². The summed E-state index contributed by atoms with van der Waals surface area (Å²) in [7, 11) is 0. The van der Waals surface area contributed by atoms with Crippen LogP contribution in [0, 0.1) is 6.92 Å². The molecule has 2 rings (SSSR count). The predicted molar refractivity (Wildman–Crippen MR) is 72.6 cm³/mol. The van der Waals surface area contributed by atoms with Crippen molar-refractivity contribution in [3.8, 4) is 5.75 Å². The fraction of sp³-hybridized carbons (Fsp3) is 0.267. The minimum atomic E-state index is -4.65. The predicted octanol–water partition coefficient (Wildman–Crippen LogP) is 3.58. The highest BCUT2D eigenvalue weighted by Gasteiger charge is 2.30. The first-order chi connectivity index (χ1) is 9.94. The van der Waals surface area contributed by atoms with Crippen molar-refractivity contribution in [1.29, 1.82) is 0 Å². The van der Waals surface area contributed by atoms with Crippen molar-refractivity contribution in [1.82, 2.24) is 10.3 Å². The number of halogens is 3. The first kappa shape index (κ1) is 15.3. The van der Waals surface area contributed by atoms with Crippen molar-refractivity contribution < 1.29 is 17.9 Å². The second-order valence-corrected chi connectivity index (χ2v) is 4.60. The number of ether oxygens (including phenoxy) is 1. The first-order valence-corrected chi connectivity index (χ1v) is 6.39. The van der Waals surface area contributed by atoms with E-state index < -0.39 is 6.36 Å². The Morgan fingerprint density at radius 3 is 2.43 bits per heavy atom. The van der Waals surface area contributed by atoms with Gasteiger partial charge in [-0.05, 0) is 41.8 Å². The molecule has 1 aromatic heterocycles. The Bertz CT molecular complexity index is 582. The van der Waals surface area contributed by atoms with E-state index in [1.54, 1.807) is 24.5 Å². The Morgan fingerprint density at radius 1 is 1.10 bits per heavy atom. The molecule has 0 bridgehead atoms. The average Bonchev–Trinajstić information content (AvgIpc) is 2.41. The Balaban J connectivity index is 1.85. The average molecular weight is 296 g/mol. The fourth-order valence-electron chi connectivity index (χ4n) is 1.85. The van der Waals surface area contributed by atoms with Crippen LogP contribution in [0.15, 0.2) is 42.7 Å². The van der Waals surface area contributed by atoms with Crippen molar-refractivity contribution in [2.24, 2.45) is 0 Å². The van der Waals surface area contributed by atoms with Gasteiger partial charge in [0.1, 0.15) is 5.75 Å². The normalized spacial score (nSPS) is 11.4. The second-order valence-electron chi connectivity index (χ2n) is 4.60. The molecular weight excluding hydrogens is 281 g/mol. The fourth-order valence-corrected chi connectivity index (χ4v) is 1.85. The van der Waals surface area contributed by atoms with Crippen LogP contribution in [0.2, 0.25) is 0 Å². The molecule has 0 saturated heterocycles. The third-order valence-corrected chi connectivity index (χ3v) is 2.94. The summed E-state index contributed by atoms with van der Waals surface area (Å²) in [5.41, 5.74) is 3.12. The highest BCUT2D eigenvalue weighted by molar-refractivity contribution is 5.27. The van der Waals surface area contributed by atoms with Gasteiger partial charge in [0.15, 0.2) is 0 Å². The molecule has 1 N–H and O–H groups in total. The van der Waals surface area contributed by atoms with Gasteiger partial charge in [-0.3, -0.25) is 4.98 Å². The number of rotatable bonds is 5. The molecule has 0 fully saturated rings. The summed E-state index contributed by atoms with van der Waals surface area (Å²) in [5.74, 6) is -0.212. The third kappa shape index (κ3) is 5.07. The number of hydrogen-bond donors (Lipinski definition) is 1. The maximum Gasteiger partial charge on any atom is 0.573 e. The smallest absolute Gasteiger partial charge is 0.406 e. The molecule has 0 aliphatic rings. The topological polar surface area (TPSA) is 34.2 Å². The van der Waals surface area contributed by atoms with Crippen LogP contribution in [0.1, 0.15) is 16.7 Å². The van der Waals surface area contributed by atoms with E-state index >= 15 is 0 Å². The number of nitrogens with zero attached hydrogens (tertiary/aromatic N) is 1. The lowest BCUT2D eigenvalue weighted by Gasteiger charge is -2.10. The van der Waals surface area contributed by atoms with Gasteiger partial charge in [-0.15, -0.1) is 13.2 Å². The molecule has 112 valence electrons. The van der Waals surface area contributed by atoms with E-state index in [0.29, 0.717) is 13.1 Å². The van der Waals surface area contributed by atoms with Crippen LogP contribution < -0.4 is 10.1 Å². The molecule has 0 amide bonds. The van der Waals surface area contributed by atoms with Crippen LogP contribution >= 0.6 is 0 Å². The highest BCUT2D eigenvalue weighted by atomic mass is 19.4. The monoisotopic (exact) mass is 296 g/mol. The maximum absolute atomic E-state index is 12.0. The van der Waals surface area contributed by atoms with E-state index in [-0.39, 0.29) is 5.75 Å². The molecule has 0 aliphatic heterocycles. The van der Waals surface area contributed by atoms with Crippen molar-refractivity contribution >= 4 is 0 Å². The van der Waals surface area contributed by atoms with Gasteiger partial charge in [-0.1, -0.05) is 12.1 Å². The van der Waals surface area contributed by atoms with E-state index in [0.717, 1.165) is 16.7 Å². The number of alkyl halides is 3. The summed E-state index contributed by atoms with van der Waals surface area (Å²) in [6.07, 6.45) is -1.13. The van der Waals surface area contributed by atoms with Crippen LogP contribution in [0.5, 0.6) is 5.75 Å². The Kier molecular flexibility index (Phi) is 4.80. The lowest BCUT2D eigenvalue weighted by Crippen LogP contribution is -2.17. The van der Waals surface area contributed by atoms with Crippen LogP contribution in [-0.4, -0.2) is 11.3 Å². The number of aryl methyl sites for hydroxylation is 1. The minimum Gasteiger partial charge on any atom is -0.406 e. The van der Waals surface area contributed by atoms with Crippen molar-refractivity contribution in [2.75, 3.05) is 0 Å².